The molecule has 2 heterocycles. The molecule has 1 saturated carbocycles. The summed E-state index contributed by atoms with van der Waals surface area (Å²) in [6.45, 7) is 2.47. The molecular formula is C20H20F3N5O. The van der Waals surface area contributed by atoms with Gasteiger partial charge in [0.2, 0.25) is 0 Å². The van der Waals surface area contributed by atoms with Crippen LogP contribution in [-0.4, -0.2) is 21.7 Å². The standard InChI is InChI=1S/C20H20F3N5O/c1-11-7-17(24)27-28(11)10-13-8-16-14(9-15(13)21)20(19(2,22)23,26-18(29)25-16)6-5-12-3-4-12/h7-9,12H,3-4,10H2,1-2H3,(H2,24,27)(H2,25,26,29)/t20-/m0/s1. The number of fused-ring (bicyclic) bond motifs is 1. The van der Waals surface area contributed by atoms with Crippen LogP contribution in [0.1, 0.15) is 36.6 Å². The number of carbonyl (C=O) groups excluding carboxylic acids is 1. The molecule has 1 aliphatic heterocycles. The number of amides is 2. The Kier molecular flexibility index (Phi) is 4.26. The van der Waals surface area contributed by atoms with Crippen molar-refractivity contribution >= 4 is 17.5 Å². The van der Waals surface area contributed by atoms with E-state index in [9.17, 15) is 18.0 Å². The Morgan fingerprint density at radius 1 is 1.38 bits per heavy atom. The second-order valence-corrected chi connectivity index (χ2v) is 7.62. The molecule has 29 heavy (non-hydrogen) atoms. The van der Waals surface area contributed by atoms with Crippen LogP contribution < -0.4 is 16.4 Å². The number of alkyl halides is 2. The molecule has 1 aromatic carbocycles. The number of benzene rings is 1. The third kappa shape index (κ3) is 3.39. The lowest BCUT2D eigenvalue weighted by atomic mass is 9.81. The number of hydrogen-bond acceptors (Lipinski definition) is 3. The Morgan fingerprint density at radius 3 is 2.69 bits per heavy atom. The predicted molar refractivity (Wildman–Crippen MR) is 102 cm³/mol. The zero-order valence-electron chi connectivity index (χ0n) is 15.9. The van der Waals surface area contributed by atoms with E-state index < -0.39 is 23.3 Å². The molecule has 1 fully saturated rings. The fourth-order valence-electron chi connectivity index (χ4n) is 3.39. The molecule has 152 valence electrons. The van der Waals surface area contributed by atoms with Gasteiger partial charge in [0.15, 0.2) is 5.54 Å². The second-order valence-electron chi connectivity index (χ2n) is 7.62. The first kappa shape index (κ1) is 19.2. The van der Waals surface area contributed by atoms with Crippen molar-refractivity contribution in [2.45, 2.75) is 44.7 Å². The summed E-state index contributed by atoms with van der Waals surface area (Å²) in [6, 6.07) is 3.18. The van der Waals surface area contributed by atoms with Gasteiger partial charge >= 0.3 is 6.03 Å². The molecule has 0 saturated heterocycles. The van der Waals surface area contributed by atoms with Crippen molar-refractivity contribution in [3.8, 4) is 11.8 Å². The Bertz CT molecular complexity index is 1060. The summed E-state index contributed by atoms with van der Waals surface area (Å²) >= 11 is 0. The van der Waals surface area contributed by atoms with E-state index in [4.69, 9.17) is 5.73 Å². The van der Waals surface area contributed by atoms with Gasteiger partial charge in [-0.05, 0) is 31.9 Å². The first-order valence-corrected chi connectivity index (χ1v) is 9.21. The van der Waals surface area contributed by atoms with Crippen molar-refractivity contribution < 1.29 is 18.0 Å². The number of carbonyl (C=O) groups is 1. The summed E-state index contributed by atoms with van der Waals surface area (Å²) in [5, 5.41) is 8.82. The molecule has 2 amide bonds. The summed E-state index contributed by atoms with van der Waals surface area (Å²) in [5.74, 6) is 1.54. The van der Waals surface area contributed by atoms with E-state index in [0.29, 0.717) is 12.7 Å². The van der Waals surface area contributed by atoms with Gasteiger partial charge in [0.1, 0.15) is 11.6 Å². The van der Waals surface area contributed by atoms with Crippen molar-refractivity contribution in [3.63, 3.8) is 0 Å². The number of rotatable bonds is 3. The lowest BCUT2D eigenvalue weighted by Gasteiger charge is -2.40. The smallest absolute Gasteiger partial charge is 0.320 e. The highest BCUT2D eigenvalue weighted by Gasteiger charge is 2.55. The number of anilines is 2. The van der Waals surface area contributed by atoms with E-state index in [2.05, 4.69) is 27.6 Å². The van der Waals surface area contributed by atoms with Crippen LogP contribution in [0.5, 0.6) is 0 Å². The highest BCUT2D eigenvalue weighted by molar-refractivity contribution is 5.95. The van der Waals surface area contributed by atoms with Gasteiger partial charge in [-0.1, -0.05) is 11.8 Å². The maximum absolute atomic E-state index is 14.9. The van der Waals surface area contributed by atoms with E-state index in [1.54, 1.807) is 13.0 Å². The summed E-state index contributed by atoms with van der Waals surface area (Å²) in [5.41, 5.74) is 4.24. The van der Waals surface area contributed by atoms with Gasteiger partial charge in [-0.15, -0.1) is 0 Å². The van der Waals surface area contributed by atoms with E-state index in [1.165, 1.54) is 10.7 Å². The minimum absolute atomic E-state index is 0.0295. The van der Waals surface area contributed by atoms with Crippen LogP contribution in [0.15, 0.2) is 18.2 Å². The summed E-state index contributed by atoms with van der Waals surface area (Å²) in [6.07, 6.45) is 1.66. The molecule has 0 unspecified atom stereocenters. The largest absolute Gasteiger partial charge is 0.382 e. The number of nitrogens with one attached hydrogen (secondary N) is 2. The molecule has 4 rings (SSSR count). The molecule has 0 spiro atoms. The zero-order valence-corrected chi connectivity index (χ0v) is 15.9. The average Bonchev–Trinajstić information content (AvgIpc) is 3.38. The van der Waals surface area contributed by atoms with Gasteiger partial charge < -0.3 is 16.4 Å². The van der Waals surface area contributed by atoms with Gasteiger partial charge in [-0.25, -0.2) is 18.0 Å². The maximum Gasteiger partial charge on any atom is 0.320 e. The maximum atomic E-state index is 14.9. The number of nitrogens with zero attached hydrogens (tertiary/aromatic N) is 2. The molecule has 6 nitrogen and oxygen atoms in total. The quantitative estimate of drug-likeness (QED) is 0.687. The van der Waals surface area contributed by atoms with E-state index in [1.807, 2.05) is 0 Å². The van der Waals surface area contributed by atoms with Crippen molar-refractivity contribution in [1.29, 1.82) is 0 Å². The Labute approximate surface area is 165 Å². The molecule has 9 heteroatoms. The van der Waals surface area contributed by atoms with Crippen molar-refractivity contribution in [3.05, 3.63) is 40.8 Å². The number of hydrogen-bond donors (Lipinski definition) is 3. The van der Waals surface area contributed by atoms with Crippen LogP contribution in [0, 0.1) is 30.5 Å². The average molecular weight is 403 g/mol. The molecule has 0 radical (unpaired) electrons. The highest BCUT2D eigenvalue weighted by Crippen LogP contribution is 2.44. The summed E-state index contributed by atoms with van der Waals surface area (Å²) in [4.78, 5) is 12.2. The minimum Gasteiger partial charge on any atom is -0.382 e. The molecule has 0 bridgehead atoms. The Hall–Kier alpha value is -3.15. The predicted octanol–water partition coefficient (Wildman–Crippen LogP) is 3.36. The molecule has 2 aliphatic rings. The highest BCUT2D eigenvalue weighted by atomic mass is 19.3. The van der Waals surface area contributed by atoms with Crippen LogP contribution in [0.4, 0.5) is 29.5 Å². The first-order valence-electron chi connectivity index (χ1n) is 9.21. The topological polar surface area (TPSA) is 85.0 Å². The molecular weight excluding hydrogens is 383 g/mol. The number of nitrogen functional groups attached to an aromatic ring is 1. The van der Waals surface area contributed by atoms with Gasteiger partial charge in [-0.3, -0.25) is 4.68 Å². The van der Waals surface area contributed by atoms with Crippen LogP contribution in [0.25, 0.3) is 0 Å². The van der Waals surface area contributed by atoms with Crippen LogP contribution >= 0.6 is 0 Å². The van der Waals surface area contributed by atoms with Gasteiger partial charge in [0.25, 0.3) is 5.92 Å². The second kappa shape index (κ2) is 6.44. The Balaban J connectivity index is 1.82. The summed E-state index contributed by atoms with van der Waals surface area (Å²) < 4.78 is 45.9. The van der Waals surface area contributed by atoms with Gasteiger partial charge in [-0.2, -0.15) is 5.10 Å². The first-order chi connectivity index (χ1) is 13.6. The normalized spacial score (nSPS) is 20.9. The van der Waals surface area contributed by atoms with E-state index in [0.717, 1.165) is 24.6 Å². The fourth-order valence-corrected chi connectivity index (χ4v) is 3.39. The number of aryl methyl sites for hydroxylation is 1. The fraction of sp³-hybridized carbons (Fsp3) is 0.400. The third-order valence-electron chi connectivity index (χ3n) is 5.16. The van der Waals surface area contributed by atoms with Crippen LogP contribution in [0.2, 0.25) is 0 Å². The van der Waals surface area contributed by atoms with Crippen molar-refractivity contribution in [1.82, 2.24) is 15.1 Å². The van der Waals surface area contributed by atoms with Crippen LogP contribution in [-0.2, 0) is 12.1 Å². The van der Waals surface area contributed by atoms with E-state index in [-0.39, 0.29) is 29.3 Å². The Morgan fingerprint density at radius 2 is 2.10 bits per heavy atom. The SMILES string of the molecule is Cc1cc(N)nn1Cc1cc2c(cc1F)[C@@](C#CC1CC1)(C(C)(F)F)NC(=O)N2. The zero-order chi connectivity index (χ0) is 21.0. The van der Waals surface area contributed by atoms with E-state index >= 15 is 0 Å². The van der Waals surface area contributed by atoms with Crippen LogP contribution in [0.3, 0.4) is 0 Å². The lowest BCUT2D eigenvalue weighted by Crippen LogP contribution is -2.59. The lowest BCUT2D eigenvalue weighted by molar-refractivity contribution is -0.0465. The molecule has 2 aromatic rings. The monoisotopic (exact) mass is 403 g/mol. The van der Waals surface area contributed by atoms with Gasteiger partial charge in [0, 0.05) is 41.4 Å². The molecule has 1 aromatic heterocycles. The third-order valence-corrected chi connectivity index (χ3v) is 5.16. The van der Waals surface area contributed by atoms with Crippen molar-refractivity contribution in [2.75, 3.05) is 11.1 Å². The molecule has 4 N–H and O–H groups in total. The molecule has 1 aliphatic carbocycles. The van der Waals surface area contributed by atoms with Crippen molar-refractivity contribution in [2.24, 2.45) is 5.92 Å². The molecule has 1 atom stereocenters. The van der Waals surface area contributed by atoms with Gasteiger partial charge in [0.05, 0.1) is 6.54 Å². The minimum atomic E-state index is -3.44. The summed E-state index contributed by atoms with van der Waals surface area (Å²) in [7, 11) is 0. The number of nitrogens with two attached hydrogens (primary N) is 1. The number of aromatic nitrogens is 2. The number of halogens is 3. The number of urea groups is 1.